The Labute approximate surface area is 137 Å². The van der Waals surface area contributed by atoms with Crippen LogP contribution in [0.1, 0.15) is 48.0 Å². The third-order valence-corrected chi connectivity index (χ3v) is 4.72. The van der Waals surface area contributed by atoms with Crippen LogP contribution in [0.3, 0.4) is 0 Å². The maximum atomic E-state index is 12.0. The summed E-state index contributed by atoms with van der Waals surface area (Å²) in [7, 11) is 0. The SMILES string of the molecule is O=c1oc2ccc(OCc3noc(C4CC4)n3)cc2c2c1CCC2. The van der Waals surface area contributed by atoms with Gasteiger partial charge in [-0.15, -0.1) is 0 Å². The van der Waals surface area contributed by atoms with Crippen molar-refractivity contribution < 1.29 is 13.7 Å². The van der Waals surface area contributed by atoms with Gasteiger partial charge in [-0.3, -0.25) is 0 Å². The lowest BCUT2D eigenvalue weighted by atomic mass is 10.1. The molecule has 2 heterocycles. The van der Waals surface area contributed by atoms with Crippen LogP contribution in [0.4, 0.5) is 0 Å². The first-order chi connectivity index (χ1) is 11.8. The Balaban J connectivity index is 1.42. The van der Waals surface area contributed by atoms with Crippen LogP contribution in [-0.2, 0) is 19.4 Å². The largest absolute Gasteiger partial charge is 0.485 e. The fourth-order valence-electron chi connectivity index (χ4n) is 3.32. The average Bonchev–Trinajstić information content (AvgIpc) is 3.12. The van der Waals surface area contributed by atoms with E-state index in [-0.39, 0.29) is 12.2 Å². The van der Waals surface area contributed by atoms with Gasteiger partial charge in [0.05, 0.1) is 0 Å². The summed E-state index contributed by atoms with van der Waals surface area (Å²) in [6, 6.07) is 5.52. The molecular formula is C18H16N2O4. The van der Waals surface area contributed by atoms with Gasteiger partial charge in [0.15, 0.2) is 6.61 Å². The molecule has 1 aromatic carbocycles. The summed E-state index contributed by atoms with van der Waals surface area (Å²) in [5.74, 6) is 2.43. The molecule has 0 spiro atoms. The van der Waals surface area contributed by atoms with Crippen molar-refractivity contribution in [1.29, 1.82) is 0 Å². The predicted octanol–water partition coefficient (Wildman–Crippen LogP) is 3.12. The van der Waals surface area contributed by atoms with Crippen LogP contribution in [0.25, 0.3) is 11.0 Å². The lowest BCUT2D eigenvalue weighted by Crippen LogP contribution is -2.07. The van der Waals surface area contributed by atoms with E-state index >= 15 is 0 Å². The summed E-state index contributed by atoms with van der Waals surface area (Å²) >= 11 is 0. The van der Waals surface area contributed by atoms with E-state index in [1.807, 2.05) is 6.07 Å². The van der Waals surface area contributed by atoms with Gasteiger partial charge in [-0.05, 0) is 55.9 Å². The van der Waals surface area contributed by atoms with Crippen molar-refractivity contribution in [2.24, 2.45) is 0 Å². The highest BCUT2D eigenvalue weighted by Crippen LogP contribution is 2.38. The number of aromatic nitrogens is 2. The minimum Gasteiger partial charge on any atom is -0.485 e. The second-order valence-corrected chi connectivity index (χ2v) is 6.47. The van der Waals surface area contributed by atoms with Crippen molar-refractivity contribution in [3.63, 3.8) is 0 Å². The Morgan fingerprint density at radius 2 is 2.08 bits per heavy atom. The van der Waals surface area contributed by atoms with Crippen molar-refractivity contribution in [1.82, 2.24) is 10.1 Å². The number of rotatable bonds is 4. The van der Waals surface area contributed by atoms with E-state index in [4.69, 9.17) is 13.7 Å². The predicted molar refractivity (Wildman–Crippen MR) is 85.1 cm³/mol. The second kappa shape index (κ2) is 5.19. The van der Waals surface area contributed by atoms with E-state index in [1.54, 1.807) is 12.1 Å². The van der Waals surface area contributed by atoms with Crippen LogP contribution >= 0.6 is 0 Å². The standard InChI is InChI=1S/C18H16N2O4/c21-18-13-3-1-2-12(13)14-8-11(6-7-15(14)23-18)22-9-16-19-17(24-20-16)10-4-5-10/h6-8,10H,1-5,9H2. The molecule has 24 heavy (non-hydrogen) atoms. The molecule has 1 fully saturated rings. The fourth-order valence-corrected chi connectivity index (χ4v) is 3.32. The first-order valence-corrected chi connectivity index (χ1v) is 8.32. The smallest absolute Gasteiger partial charge is 0.339 e. The van der Waals surface area contributed by atoms with Gasteiger partial charge in [-0.2, -0.15) is 4.98 Å². The van der Waals surface area contributed by atoms with Crippen LogP contribution in [0.2, 0.25) is 0 Å². The van der Waals surface area contributed by atoms with E-state index in [9.17, 15) is 4.79 Å². The van der Waals surface area contributed by atoms with Crippen molar-refractivity contribution in [3.8, 4) is 5.75 Å². The van der Waals surface area contributed by atoms with Crippen LogP contribution < -0.4 is 10.4 Å². The molecular weight excluding hydrogens is 308 g/mol. The molecule has 0 atom stereocenters. The van der Waals surface area contributed by atoms with Crippen LogP contribution in [-0.4, -0.2) is 10.1 Å². The Morgan fingerprint density at radius 3 is 2.96 bits per heavy atom. The van der Waals surface area contributed by atoms with E-state index in [2.05, 4.69) is 10.1 Å². The molecule has 0 N–H and O–H groups in total. The number of aryl methyl sites for hydroxylation is 1. The van der Waals surface area contributed by atoms with E-state index < -0.39 is 0 Å². The third kappa shape index (κ3) is 2.29. The second-order valence-electron chi connectivity index (χ2n) is 6.47. The Morgan fingerprint density at radius 1 is 1.21 bits per heavy atom. The van der Waals surface area contributed by atoms with Gasteiger partial charge in [0, 0.05) is 16.9 Å². The van der Waals surface area contributed by atoms with Gasteiger partial charge >= 0.3 is 5.63 Å². The highest BCUT2D eigenvalue weighted by molar-refractivity contribution is 5.83. The first-order valence-electron chi connectivity index (χ1n) is 8.32. The molecule has 0 saturated heterocycles. The Bertz CT molecular complexity index is 984. The zero-order chi connectivity index (χ0) is 16.1. The molecule has 2 aliphatic carbocycles. The average molecular weight is 324 g/mol. The minimum absolute atomic E-state index is 0.205. The fraction of sp³-hybridized carbons (Fsp3) is 0.389. The molecule has 2 aliphatic rings. The third-order valence-electron chi connectivity index (χ3n) is 4.72. The number of nitrogens with zero attached hydrogens (tertiary/aromatic N) is 2. The molecule has 0 bridgehead atoms. The molecule has 6 nitrogen and oxygen atoms in total. The lowest BCUT2D eigenvalue weighted by Gasteiger charge is -2.07. The number of ether oxygens (including phenoxy) is 1. The number of benzene rings is 1. The van der Waals surface area contributed by atoms with E-state index in [1.165, 1.54) is 0 Å². The molecule has 0 amide bonds. The van der Waals surface area contributed by atoms with Crippen LogP contribution in [0, 0.1) is 0 Å². The molecule has 1 saturated carbocycles. The Kier molecular flexibility index (Phi) is 2.98. The molecule has 0 radical (unpaired) electrons. The molecule has 6 heteroatoms. The maximum absolute atomic E-state index is 12.0. The summed E-state index contributed by atoms with van der Waals surface area (Å²) in [5.41, 5.74) is 2.32. The summed E-state index contributed by atoms with van der Waals surface area (Å²) in [6.45, 7) is 0.265. The minimum atomic E-state index is -0.205. The highest BCUT2D eigenvalue weighted by atomic mass is 16.5. The zero-order valence-electron chi connectivity index (χ0n) is 13.1. The van der Waals surface area contributed by atoms with Gasteiger partial charge in [-0.1, -0.05) is 5.16 Å². The quantitative estimate of drug-likeness (QED) is 0.686. The summed E-state index contributed by atoms with van der Waals surface area (Å²) in [5, 5.41) is 4.92. The summed E-state index contributed by atoms with van der Waals surface area (Å²) in [4.78, 5) is 16.3. The van der Waals surface area contributed by atoms with Crippen LogP contribution in [0.15, 0.2) is 31.9 Å². The molecule has 2 aromatic heterocycles. The summed E-state index contributed by atoms with van der Waals surface area (Å²) < 4.78 is 16.4. The van der Waals surface area contributed by atoms with E-state index in [0.717, 1.165) is 48.6 Å². The lowest BCUT2D eigenvalue weighted by molar-refractivity contribution is 0.285. The van der Waals surface area contributed by atoms with Gasteiger partial charge < -0.3 is 13.7 Å². The van der Waals surface area contributed by atoms with Gasteiger partial charge in [0.25, 0.3) is 0 Å². The van der Waals surface area contributed by atoms with Gasteiger partial charge in [0.1, 0.15) is 11.3 Å². The Hall–Kier alpha value is -2.63. The number of hydrogen-bond acceptors (Lipinski definition) is 6. The monoisotopic (exact) mass is 324 g/mol. The first kappa shape index (κ1) is 13.8. The molecule has 3 aromatic rings. The maximum Gasteiger partial charge on any atom is 0.339 e. The van der Waals surface area contributed by atoms with Crippen molar-refractivity contribution in [2.75, 3.05) is 0 Å². The van der Waals surface area contributed by atoms with Gasteiger partial charge in [0.2, 0.25) is 11.7 Å². The number of fused-ring (bicyclic) bond motifs is 3. The summed E-state index contributed by atoms with van der Waals surface area (Å²) in [6.07, 6.45) is 4.96. The van der Waals surface area contributed by atoms with Crippen molar-refractivity contribution in [3.05, 3.63) is 51.5 Å². The van der Waals surface area contributed by atoms with Gasteiger partial charge in [-0.25, -0.2) is 4.79 Å². The normalized spacial score (nSPS) is 16.5. The molecule has 0 unspecified atom stereocenters. The molecule has 122 valence electrons. The van der Waals surface area contributed by atoms with E-state index in [0.29, 0.717) is 29.0 Å². The highest BCUT2D eigenvalue weighted by Gasteiger charge is 2.29. The topological polar surface area (TPSA) is 78.4 Å². The zero-order valence-corrected chi connectivity index (χ0v) is 13.1. The number of hydrogen-bond donors (Lipinski definition) is 0. The van der Waals surface area contributed by atoms with Crippen molar-refractivity contribution >= 4 is 11.0 Å². The molecule has 5 rings (SSSR count). The van der Waals surface area contributed by atoms with Crippen molar-refractivity contribution in [2.45, 2.75) is 44.6 Å². The molecule has 0 aliphatic heterocycles. The van der Waals surface area contributed by atoms with Crippen LogP contribution in [0.5, 0.6) is 5.75 Å².